The van der Waals surface area contributed by atoms with Crippen molar-refractivity contribution in [3.63, 3.8) is 0 Å². The van der Waals surface area contributed by atoms with E-state index in [0.717, 1.165) is 19.4 Å². The number of hydrogen-bond donors (Lipinski definition) is 1. The maximum Gasteiger partial charge on any atom is 0.332 e. The molecule has 0 aromatic carbocycles. The van der Waals surface area contributed by atoms with Crippen LogP contribution in [0.15, 0.2) is 0 Å². The van der Waals surface area contributed by atoms with Gasteiger partial charge >= 0.3 is 5.69 Å². The summed E-state index contributed by atoms with van der Waals surface area (Å²) in [4.78, 5) is 18.3. The minimum atomic E-state index is -0.490. The second-order valence-electron chi connectivity index (χ2n) is 4.78. The Morgan fingerprint density at radius 2 is 2.30 bits per heavy atom. The fourth-order valence-electron chi connectivity index (χ4n) is 2.48. The van der Waals surface area contributed by atoms with Gasteiger partial charge < -0.3 is 10.1 Å². The normalized spacial score (nSPS) is 21.9. The molecule has 7 nitrogen and oxygen atoms in total. The van der Waals surface area contributed by atoms with Crippen molar-refractivity contribution in [3.05, 3.63) is 21.1 Å². The smallest absolute Gasteiger partial charge is 0.332 e. The van der Waals surface area contributed by atoms with Gasteiger partial charge in [0.1, 0.15) is 5.69 Å². The van der Waals surface area contributed by atoms with Crippen LogP contribution in [0.3, 0.4) is 0 Å². The van der Waals surface area contributed by atoms with Gasteiger partial charge in [-0.3, -0.25) is 10.1 Å². The van der Waals surface area contributed by atoms with Crippen molar-refractivity contribution in [1.82, 2.24) is 9.97 Å². The molecule has 1 aliphatic heterocycles. The number of aryl methyl sites for hydroxylation is 1. The standard InChI is InChI=1S/C12H17ClN4O3/c1-3-9-8(4-5-20-9)6-14-11-10(17(18)19)7(2)15-12(13)16-11/h8-9H,3-6H2,1-2H3,(H,14,15,16). The Morgan fingerprint density at radius 1 is 1.55 bits per heavy atom. The first-order chi connectivity index (χ1) is 9.52. The first kappa shape index (κ1) is 14.9. The molecule has 8 heteroatoms. The zero-order valence-corrected chi connectivity index (χ0v) is 12.2. The van der Waals surface area contributed by atoms with Crippen molar-refractivity contribution in [2.24, 2.45) is 5.92 Å². The molecule has 1 aromatic rings. The van der Waals surface area contributed by atoms with Crippen molar-refractivity contribution in [3.8, 4) is 0 Å². The van der Waals surface area contributed by atoms with Crippen molar-refractivity contribution in [1.29, 1.82) is 0 Å². The molecule has 1 aromatic heterocycles. The number of halogens is 1. The van der Waals surface area contributed by atoms with Crippen LogP contribution in [-0.4, -0.2) is 34.1 Å². The number of ether oxygens (including phenoxy) is 1. The summed E-state index contributed by atoms with van der Waals surface area (Å²) in [5.41, 5.74) is 0.133. The highest BCUT2D eigenvalue weighted by molar-refractivity contribution is 6.28. The summed E-state index contributed by atoms with van der Waals surface area (Å²) in [6.07, 6.45) is 2.06. The molecule has 1 aliphatic rings. The van der Waals surface area contributed by atoms with E-state index >= 15 is 0 Å². The largest absolute Gasteiger partial charge is 0.378 e. The molecule has 0 spiro atoms. The number of nitrogens with one attached hydrogen (secondary N) is 1. The van der Waals surface area contributed by atoms with Gasteiger partial charge in [0.25, 0.3) is 0 Å². The van der Waals surface area contributed by atoms with Gasteiger partial charge in [-0.15, -0.1) is 0 Å². The molecule has 2 heterocycles. The average Bonchev–Trinajstić information content (AvgIpc) is 2.82. The summed E-state index contributed by atoms with van der Waals surface area (Å²) in [5, 5.41) is 14.1. The van der Waals surface area contributed by atoms with E-state index in [0.29, 0.717) is 12.5 Å². The van der Waals surface area contributed by atoms with E-state index in [1.807, 2.05) is 0 Å². The molecule has 20 heavy (non-hydrogen) atoms. The highest BCUT2D eigenvalue weighted by atomic mass is 35.5. The van der Waals surface area contributed by atoms with Crippen LogP contribution < -0.4 is 5.32 Å². The summed E-state index contributed by atoms with van der Waals surface area (Å²) in [6, 6.07) is 0. The molecule has 1 fully saturated rings. The molecule has 0 bridgehead atoms. The van der Waals surface area contributed by atoms with Crippen LogP contribution in [0.25, 0.3) is 0 Å². The van der Waals surface area contributed by atoms with Crippen LogP contribution in [0.2, 0.25) is 5.28 Å². The van der Waals surface area contributed by atoms with Crippen LogP contribution in [0.1, 0.15) is 25.5 Å². The summed E-state index contributed by atoms with van der Waals surface area (Å²) in [5.74, 6) is 0.503. The quantitative estimate of drug-likeness (QED) is 0.510. The van der Waals surface area contributed by atoms with E-state index in [4.69, 9.17) is 16.3 Å². The molecule has 110 valence electrons. The van der Waals surface area contributed by atoms with E-state index in [1.54, 1.807) is 6.92 Å². The zero-order chi connectivity index (χ0) is 14.7. The Bertz CT molecular complexity index is 512. The number of hydrogen-bond acceptors (Lipinski definition) is 6. The lowest BCUT2D eigenvalue weighted by Crippen LogP contribution is -2.23. The van der Waals surface area contributed by atoms with E-state index in [9.17, 15) is 10.1 Å². The molecule has 0 aliphatic carbocycles. The van der Waals surface area contributed by atoms with Crippen molar-refractivity contribution in [2.75, 3.05) is 18.5 Å². The average molecular weight is 301 g/mol. The highest BCUT2D eigenvalue weighted by Crippen LogP contribution is 2.28. The third-order valence-electron chi connectivity index (χ3n) is 3.49. The number of anilines is 1. The topological polar surface area (TPSA) is 90.2 Å². The highest BCUT2D eigenvalue weighted by Gasteiger charge is 2.28. The van der Waals surface area contributed by atoms with Gasteiger partial charge in [-0.1, -0.05) is 6.92 Å². The lowest BCUT2D eigenvalue weighted by atomic mass is 10.00. The summed E-state index contributed by atoms with van der Waals surface area (Å²) >= 11 is 5.77. The van der Waals surface area contributed by atoms with Crippen molar-refractivity contribution < 1.29 is 9.66 Å². The van der Waals surface area contributed by atoms with Gasteiger partial charge in [-0.25, -0.2) is 4.98 Å². The first-order valence-corrected chi connectivity index (χ1v) is 6.94. The lowest BCUT2D eigenvalue weighted by molar-refractivity contribution is -0.385. The molecule has 1 N–H and O–H groups in total. The van der Waals surface area contributed by atoms with Crippen LogP contribution in [0.4, 0.5) is 11.5 Å². The Morgan fingerprint density at radius 3 is 2.95 bits per heavy atom. The van der Waals surface area contributed by atoms with Crippen molar-refractivity contribution >= 4 is 23.1 Å². The molecule has 2 atom stereocenters. The van der Waals surface area contributed by atoms with Gasteiger partial charge in [0.15, 0.2) is 0 Å². The number of nitro groups is 1. The monoisotopic (exact) mass is 300 g/mol. The molecule has 1 saturated heterocycles. The second kappa shape index (κ2) is 6.32. The fraction of sp³-hybridized carbons (Fsp3) is 0.667. The third kappa shape index (κ3) is 3.16. The summed E-state index contributed by atoms with van der Waals surface area (Å²) in [6.45, 7) is 4.92. The minimum absolute atomic E-state index is 0.00492. The Kier molecular flexibility index (Phi) is 4.72. The second-order valence-corrected chi connectivity index (χ2v) is 5.12. The molecule has 0 radical (unpaired) electrons. The Hall–Kier alpha value is -1.47. The van der Waals surface area contributed by atoms with E-state index < -0.39 is 4.92 Å². The van der Waals surface area contributed by atoms with E-state index in [1.165, 1.54) is 0 Å². The zero-order valence-electron chi connectivity index (χ0n) is 11.4. The van der Waals surface area contributed by atoms with Crippen LogP contribution >= 0.6 is 11.6 Å². The van der Waals surface area contributed by atoms with Crippen molar-refractivity contribution in [2.45, 2.75) is 32.8 Å². The maximum atomic E-state index is 11.1. The number of nitrogens with zero attached hydrogens (tertiary/aromatic N) is 3. The first-order valence-electron chi connectivity index (χ1n) is 6.57. The van der Waals surface area contributed by atoms with E-state index in [-0.39, 0.29) is 28.6 Å². The number of rotatable bonds is 5. The summed E-state index contributed by atoms with van der Waals surface area (Å²) < 4.78 is 5.60. The van der Waals surface area contributed by atoms with Crippen LogP contribution in [0, 0.1) is 23.0 Å². The van der Waals surface area contributed by atoms with Gasteiger partial charge in [-0.05, 0) is 31.4 Å². The van der Waals surface area contributed by atoms with Gasteiger partial charge in [0.2, 0.25) is 11.1 Å². The predicted octanol–water partition coefficient (Wildman–Crippen LogP) is 2.57. The molecule has 0 saturated carbocycles. The Labute approximate surface area is 121 Å². The SMILES string of the molecule is CCC1OCCC1CNc1nc(Cl)nc(C)c1[N+](=O)[O-]. The number of aromatic nitrogens is 2. The molecule has 2 unspecified atom stereocenters. The van der Waals surface area contributed by atoms with E-state index in [2.05, 4.69) is 22.2 Å². The van der Waals surface area contributed by atoms with Crippen LogP contribution in [0.5, 0.6) is 0 Å². The molecular formula is C12H17ClN4O3. The van der Waals surface area contributed by atoms with Gasteiger partial charge in [0.05, 0.1) is 11.0 Å². The Balaban J connectivity index is 2.14. The molecule has 2 rings (SSSR count). The van der Waals surface area contributed by atoms with Gasteiger partial charge in [-0.2, -0.15) is 4.98 Å². The lowest BCUT2D eigenvalue weighted by Gasteiger charge is -2.17. The van der Waals surface area contributed by atoms with Gasteiger partial charge in [0, 0.05) is 19.1 Å². The van der Waals surface area contributed by atoms with Crippen LogP contribution in [-0.2, 0) is 4.74 Å². The third-order valence-corrected chi connectivity index (χ3v) is 3.66. The molecule has 0 amide bonds. The predicted molar refractivity (Wildman–Crippen MR) is 75.1 cm³/mol. The molecular weight excluding hydrogens is 284 g/mol. The fourth-order valence-corrected chi connectivity index (χ4v) is 2.69. The maximum absolute atomic E-state index is 11.1. The summed E-state index contributed by atoms with van der Waals surface area (Å²) in [7, 11) is 0. The minimum Gasteiger partial charge on any atom is -0.378 e.